The highest BCUT2D eigenvalue weighted by Crippen LogP contribution is 2.39. The average Bonchev–Trinajstić information content (AvgIpc) is 3.24. The molecular formula is C26H26N4O2. The van der Waals surface area contributed by atoms with E-state index in [2.05, 4.69) is 11.4 Å². The van der Waals surface area contributed by atoms with E-state index in [1.807, 2.05) is 80.6 Å². The highest BCUT2D eigenvalue weighted by Gasteiger charge is 2.33. The maximum atomic E-state index is 9.16. The summed E-state index contributed by atoms with van der Waals surface area (Å²) in [6, 6.07) is 23.0. The molecule has 162 valence electrons. The van der Waals surface area contributed by atoms with Crippen LogP contribution in [0.5, 0.6) is 11.5 Å². The van der Waals surface area contributed by atoms with Crippen molar-refractivity contribution in [3.63, 3.8) is 0 Å². The van der Waals surface area contributed by atoms with Crippen molar-refractivity contribution in [2.75, 3.05) is 12.8 Å². The molecule has 0 amide bonds. The van der Waals surface area contributed by atoms with E-state index in [1.54, 1.807) is 7.11 Å². The lowest BCUT2D eigenvalue weighted by Gasteiger charge is -2.20. The second kappa shape index (κ2) is 9.03. The largest absolute Gasteiger partial charge is 0.497 e. The maximum absolute atomic E-state index is 9.16. The Morgan fingerprint density at radius 2 is 1.69 bits per heavy atom. The quantitative estimate of drug-likeness (QED) is 0.554. The van der Waals surface area contributed by atoms with E-state index < -0.39 is 0 Å². The Hall–Kier alpha value is -3.98. The van der Waals surface area contributed by atoms with Gasteiger partial charge in [0.2, 0.25) is 0 Å². The second-order valence-corrected chi connectivity index (χ2v) is 7.97. The molecule has 3 aromatic rings. The first-order valence-electron chi connectivity index (χ1n) is 10.5. The van der Waals surface area contributed by atoms with E-state index in [-0.39, 0.29) is 18.2 Å². The van der Waals surface area contributed by atoms with Gasteiger partial charge in [-0.05, 0) is 61.4 Å². The molecule has 0 radical (unpaired) electrons. The van der Waals surface area contributed by atoms with Gasteiger partial charge in [-0.25, -0.2) is 0 Å². The molecule has 0 spiro atoms. The number of benzene rings is 3. The topological polar surface area (TPSA) is 92.7 Å². The number of amidine groups is 1. The fourth-order valence-corrected chi connectivity index (χ4v) is 3.79. The first kappa shape index (κ1) is 21.3. The third kappa shape index (κ3) is 4.37. The minimum atomic E-state index is -0.160. The molecule has 32 heavy (non-hydrogen) atoms. The molecule has 0 unspecified atom stereocenters. The van der Waals surface area contributed by atoms with E-state index in [0.29, 0.717) is 17.0 Å². The van der Waals surface area contributed by atoms with Gasteiger partial charge in [0, 0.05) is 11.8 Å². The Bertz CT molecular complexity index is 1160. The van der Waals surface area contributed by atoms with Crippen LogP contribution in [0.1, 0.15) is 48.2 Å². The number of nitrogens with one attached hydrogen (secondary N) is 1. The van der Waals surface area contributed by atoms with Gasteiger partial charge < -0.3 is 20.5 Å². The van der Waals surface area contributed by atoms with Crippen LogP contribution in [0.3, 0.4) is 0 Å². The summed E-state index contributed by atoms with van der Waals surface area (Å²) >= 11 is 0. The Balaban J connectivity index is 1.77. The number of nitrogens with two attached hydrogens (primary N) is 1. The fourth-order valence-electron chi connectivity index (χ4n) is 3.79. The predicted octanol–water partition coefficient (Wildman–Crippen LogP) is 4.77. The Morgan fingerprint density at radius 1 is 1.00 bits per heavy atom. The molecule has 6 heteroatoms. The summed E-state index contributed by atoms with van der Waals surface area (Å²) in [6.45, 7) is 3.98. The van der Waals surface area contributed by atoms with Gasteiger partial charge in [0.25, 0.3) is 0 Å². The Kier molecular flexibility index (Phi) is 6.00. The number of anilines is 1. The SMILES string of the molecule is COc1ccc(C2=N[C@@H](c3ccc(N)cc3)[C@@H](c3ccc(C#N)cc3)N2)c(OC(C)C)c1. The molecule has 0 aromatic heterocycles. The summed E-state index contributed by atoms with van der Waals surface area (Å²) in [5.74, 6) is 2.18. The fraction of sp³-hybridized carbons (Fsp3) is 0.231. The van der Waals surface area contributed by atoms with Crippen LogP contribution in [-0.2, 0) is 0 Å². The molecule has 6 nitrogen and oxygen atoms in total. The molecule has 1 aliphatic heterocycles. The van der Waals surface area contributed by atoms with Crippen LogP contribution in [0.15, 0.2) is 71.7 Å². The number of rotatable bonds is 6. The highest BCUT2D eigenvalue weighted by molar-refractivity contribution is 6.03. The van der Waals surface area contributed by atoms with Crippen molar-refractivity contribution in [3.8, 4) is 17.6 Å². The van der Waals surface area contributed by atoms with Gasteiger partial charge in [-0.3, -0.25) is 4.99 Å². The molecule has 4 rings (SSSR count). The normalized spacial score (nSPS) is 17.4. The van der Waals surface area contributed by atoms with Gasteiger partial charge >= 0.3 is 0 Å². The van der Waals surface area contributed by atoms with Gasteiger partial charge in [-0.1, -0.05) is 24.3 Å². The van der Waals surface area contributed by atoms with Crippen LogP contribution in [0.25, 0.3) is 0 Å². The van der Waals surface area contributed by atoms with E-state index in [9.17, 15) is 0 Å². The van der Waals surface area contributed by atoms with Crippen molar-refractivity contribution in [2.45, 2.75) is 32.0 Å². The lowest BCUT2D eigenvalue weighted by molar-refractivity contribution is 0.240. The van der Waals surface area contributed by atoms with Crippen LogP contribution >= 0.6 is 0 Å². The van der Waals surface area contributed by atoms with Gasteiger partial charge in [0.15, 0.2) is 0 Å². The number of nitriles is 1. The van der Waals surface area contributed by atoms with Gasteiger partial charge in [0.05, 0.1) is 36.5 Å². The molecule has 3 N–H and O–H groups in total. The standard InChI is InChI=1S/C26H26N4O2/c1-16(2)32-23-14-21(31-3)12-13-22(23)26-29-24(18-6-4-17(15-27)5-7-18)25(30-26)19-8-10-20(28)11-9-19/h4-14,16,24-25H,28H2,1-3H3,(H,29,30)/t24-,25+/m1/s1. The number of ether oxygens (including phenoxy) is 2. The first-order valence-corrected chi connectivity index (χ1v) is 10.5. The number of nitrogens with zero attached hydrogens (tertiary/aromatic N) is 2. The van der Waals surface area contributed by atoms with E-state index in [0.717, 1.165) is 28.3 Å². The number of aliphatic imine (C=N–C) groups is 1. The molecule has 0 saturated heterocycles. The van der Waals surface area contributed by atoms with Crippen molar-refractivity contribution >= 4 is 11.5 Å². The van der Waals surface area contributed by atoms with Crippen molar-refractivity contribution in [2.24, 2.45) is 4.99 Å². The third-order valence-electron chi connectivity index (χ3n) is 5.36. The highest BCUT2D eigenvalue weighted by atomic mass is 16.5. The average molecular weight is 427 g/mol. The van der Waals surface area contributed by atoms with Gasteiger partial charge in [0.1, 0.15) is 23.4 Å². The summed E-state index contributed by atoms with van der Waals surface area (Å²) in [5, 5.41) is 12.8. The van der Waals surface area contributed by atoms with E-state index in [1.165, 1.54) is 0 Å². The number of methoxy groups -OCH3 is 1. The zero-order valence-corrected chi connectivity index (χ0v) is 18.4. The van der Waals surface area contributed by atoms with Crippen molar-refractivity contribution in [1.82, 2.24) is 5.32 Å². The summed E-state index contributed by atoms with van der Waals surface area (Å²) in [6.07, 6.45) is 0.00470. The third-order valence-corrected chi connectivity index (χ3v) is 5.36. The van der Waals surface area contributed by atoms with E-state index >= 15 is 0 Å². The summed E-state index contributed by atoms with van der Waals surface area (Å²) in [4.78, 5) is 5.06. The minimum absolute atomic E-state index is 0.00470. The minimum Gasteiger partial charge on any atom is -0.497 e. The van der Waals surface area contributed by atoms with E-state index in [4.69, 9.17) is 25.5 Å². The molecule has 0 bridgehead atoms. The zero-order valence-electron chi connectivity index (χ0n) is 18.4. The first-order chi connectivity index (χ1) is 15.5. The number of nitrogen functional groups attached to an aromatic ring is 1. The van der Waals surface area contributed by atoms with Gasteiger partial charge in [-0.2, -0.15) is 5.26 Å². The monoisotopic (exact) mass is 426 g/mol. The van der Waals surface area contributed by atoms with Crippen molar-refractivity contribution in [1.29, 1.82) is 5.26 Å². The molecule has 1 heterocycles. The lowest BCUT2D eigenvalue weighted by atomic mass is 9.94. The van der Waals surface area contributed by atoms with Crippen molar-refractivity contribution < 1.29 is 9.47 Å². The molecular weight excluding hydrogens is 400 g/mol. The summed E-state index contributed by atoms with van der Waals surface area (Å²) < 4.78 is 11.5. The molecule has 2 atom stereocenters. The van der Waals surface area contributed by atoms with Crippen LogP contribution in [-0.4, -0.2) is 19.0 Å². The second-order valence-electron chi connectivity index (χ2n) is 7.97. The smallest absolute Gasteiger partial charge is 0.134 e. The van der Waals surface area contributed by atoms with Crippen LogP contribution in [0.2, 0.25) is 0 Å². The predicted molar refractivity (Wildman–Crippen MR) is 126 cm³/mol. The molecule has 0 saturated carbocycles. The van der Waals surface area contributed by atoms with Crippen LogP contribution < -0.4 is 20.5 Å². The number of hydrogen-bond donors (Lipinski definition) is 2. The molecule has 0 fully saturated rings. The zero-order chi connectivity index (χ0) is 22.7. The number of hydrogen-bond acceptors (Lipinski definition) is 6. The van der Waals surface area contributed by atoms with Crippen molar-refractivity contribution in [3.05, 3.63) is 89.0 Å². The van der Waals surface area contributed by atoms with Crippen LogP contribution in [0.4, 0.5) is 5.69 Å². The molecule has 0 aliphatic carbocycles. The molecule has 1 aliphatic rings. The molecule has 3 aromatic carbocycles. The summed E-state index contributed by atoms with van der Waals surface area (Å²) in [7, 11) is 1.64. The maximum Gasteiger partial charge on any atom is 0.134 e. The van der Waals surface area contributed by atoms with Gasteiger partial charge in [-0.15, -0.1) is 0 Å². The van der Waals surface area contributed by atoms with Crippen LogP contribution in [0, 0.1) is 11.3 Å². The Morgan fingerprint density at radius 3 is 2.31 bits per heavy atom. The Labute approximate surface area is 188 Å². The lowest BCUT2D eigenvalue weighted by Crippen LogP contribution is -2.26. The summed E-state index contributed by atoms with van der Waals surface area (Å²) in [5.41, 5.74) is 10.2.